The van der Waals surface area contributed by atoms with E-state index in [-0.39, 0.29) is 0 Å². The molecule has 0 heterocycles. The van der Waals surface area contributed by atoms with Crippen LogP contribution < -0.4 is 21.2 Å². The molecule has 0 fully saturated rings. The van der Waals surface area contributed by atoms with Gasteiger partial charge in [0.05, 0.1) is 5.69 Å². The molecule has 0 aliphatic rings. The minimum absolute atomic E-state index is 0.302. The fraction of sp³-hybridized carbons (Fsp3) is 0.0625. The number of aryl methyl sites for hydroxylation is 2. The highest BCUT2D eigenvalue weighted by molar-refractivity contribution is 8.01. The summed E-state index contributed by atoms with van der Waals surface area (Å²) in [4.78, 5) is 0. The van der Waals surface area contributed by atoms with Crippen LogP contribution in [0.3, 0.4) is 0 Å². The van der Waals surface area contributed by atoms with Crippen LogP contribution in [-0.4, -0.2) is 5.11 Å². The molecule has 5 aromatic rings. The van der Waals surface area contributed by atoms with Gasteiger partial charge < -0.3 is 5.11 Å². The first kappa shape index (κ1) is 23.7. The Balaban J connectivity index is 1.79. The van der Waals surface area contributed by atoms with Crippen LogP contribution in [0.2, 0.25) is 0 Å². The summed E-state index contributed by atoms with van der Waals surface area (Å²) in [5, 5.41) is 24.6. The van der Waals surface area contributed by atoms with Crippen molar-refractivity contribution < 1.29 is 5.11 Å². The molecule has 3 nitrogen and oxygen atoms in total. The summed E-state index contributed by atoms with van der Waals surface area (Å²) in [5.41, 5.74) is 3.14. The average molecular weight is 488 g/mol. The van der Waals surface area contributed by atoms with Gasteiger partial charge in [0.25, 0.3) is 0 Å². The van der Waals surface area contributed by atoms with Crippen LogP contribution in [0.25, 0.3) is 0 Å². The Hall–Kier alpha value is -4.07. The van der Waals surface area contributed by atoms with Crippen molar-refractivity contribution in [1.29, 1.82) is 0 Å². The van der Waals surface area contributed by atoms with Crippen LogP contribution in [0.15, 0.2) is 138 Å². The number of aromatic hydroxyl groups is 1. The quantitative estimate of drug-likeness (QED) is 0.203. The van der Waals surface area contributed by atoms with Crippen molar-refractivity contribution in [2.45, 2.75) is 13.8 Å². The van der Waals surface area contributed by atoms with Gasteiger partial charge in [-0.3, -0.25) is 0 Å². The first-order valence-electron chi connectivity index (χ1n) is 12.0. The first-order chi connectivity index (χ1) is 17.6. The van der Waals surface area contributed by atoms with Crippen LogP contribution in [0.5, 0.6) is 5.75 Å². The molecule has 0 atom stereocenters. The molecule has 0 aliphatic heterocycles. The maximum atomic E-state index is 10.2. The van der Waals surface area contributed by atoms with Gasteiger partial charge >= 0.3 is 0 Å². The molecule has 0 bridgehead atoms. The zero-order chi connectivity index (χ0) is 25.0. The summed E-state index contributed by atoms with van der Waals surface area (Å²) in [7, 11) is -2.29. The Morgan fingerprint density at radius 2 is 0.944 bits per heavy atom. The molecule has 0 radical (unpaired) electrons. The molecular formula is C32H28N2OP+. The van der Waals surface area contributed by atoms with Gasteiger partial charge in [-0.05, 0) is 85.6 Å². The fourth-order valence-electron chi connectivity index (χ4n) is 4.75. The molecule has 176 valence electrons. The molecule has 0 amide bonds. The van der Waals surface area contributed by atoms with Crippen molar-refractivity contribution >= 4 is 39.9 Å². The number of azo groups is 1. The van der Waals surface area contributed by atoms with Gasteiger partial charge in [0.1, 0.15) is 39.9 Å². The van der Waals surface area contributed by atoms with E-state index in [1.807, 2.05) is 38.1 Å². The van der Waals surface area contributed by atoms with Crippen molar-refractivity contribution in [3.8, 4) is 5.75 Å². The maximum Gasteiger partial charge on any atom is 0.146 e. The van der Waals surface area contributed by atoms with Crippen molar-refractivity contribution in [2.75, 3.05) is 0 Å². The fourth-order valence-corrected chi connectivity index (χ4v) is 9.11. The van der Waals surface area contributed by atoms with E-state index < -0.39 is 7.26 Å². The summed E-state index contributed by atoms with van der Waals surface area (Å²) in [6.07, 6.45) is 0. The van der Waals surface area contributed by atoms with E-state index in [1.165, 1.54) is 15.9 Å². The largest absolute Gasteiger partial charge is 0.507 e. The molecule has 0 spiro atoms. The van der Waals surface area contributed by atoms with E-state index in [4.69, 9.17) is 5.11 Å². The summed E-state index contributed by atoms with van der Waals surface area (Å²) in [6.45, 7) is 3.76. The number of nitrogens with zero attached hydrogens (tertiary/aromatic N) is 2. The molecule has 5 aromatic carbocycles. The van der Waals surface area contributed by atoms with Crippen molar-refractivity contribution in [2.24, 2.45) is 10.2 Å². The zero-order valence-corrected chi connectivity index (χ0v) is 21.3. The van der Waals surface area contributed by atoms with Gasteiger partial charge in [-0.15, -0.1) is 5.11 Å². The topological polar surface area (TPSA) is 45.0 Å². The van der Waals surface area contributed by atoms with E-state index >= 15 is 0 Å². The lowest BCUT2D eigenvalue weighted by atomic mass is 10.1. The highest BCUT2D eigenvalue weighted by Crippen LogP contribution is 2.56. The molecule has 0 unspecified atom stereocenters. The van der Waals surface area contributed by atoms with Gasteiger partial charge in [0, 0.05) is 0 Å². The van der Waals surface area contributed by atoms with Crippen molar-refractivity contribution in [1.82, 2.24) is 0 Å². The van der Waals surface area contributed by atoms with Crippen LogP contribution in [0.1, 0.15) is 11.1 Å². The van der Waals surface area contributed by atoms with Gasteiger partial charge in [0.15, 0.2) is 0 Å². The number of rotatable bonds is 6. The molecule has 5 rings (SSSR count). The van der Waals surface area contributed by atoms with Crippen molar-refractivity contribution in [3.63, 3.8) is 0 Å². The van der Waals surface area contributed by atoms with E-state index in [0.29, 0.717) is 5.75 Å². The molecule has 36 heavy (non-hydrogen) atoms. The summed E-state index contributed by atoms with van der Waals surface area (Å²) in [5.74, 6) is 0.302. The summed E-state index contributed by atoms with van der Waals surface area (Å²) in [6, 6.07) is 44.3. The normalized spacial score (nSPS) is 11.6. The van der Waals surface area contributed by atoms with Crippen LogP contribution >= 0.6 is 7.26 Å². The third-order valence-electron chi connectivity index (χ3n) is 6.42. The Morgan fingerprint density at radius 1 is 0.528 bits per heavy atom. The molecule has 0 saturated carbocycles. The smallest absolute Gasteiger partial charge is 0.146 e. The SMILES string of the molecule is Cc1cc(N=Nc2ccccc2[P+](c2ccccc2)(c2ccccc2)c2ccccc2)cc(C)c1O. The van der Waals surface area contributed by atoms with E-state index in [1.54, 1.807) is 0 Å². The molecule has 1 N–H and O–H groups in total. The van der Waals surface area contributed by atoms with Gasteiger partial charge in [-0.2, -0.15) is 5.11 Å². The van der Waals surface area contributed by atoms with Crippen molar-refractivity contribution in [3.05, 3.63) is 139 Å². The van der Waals surface area contributed by atoms with Gasteiger partial charge in [-0.1, -0.05) is 66.7 Å². The third-order valence-corrected chi connectivity index (χ3v) is 10.7. The number of hydrogen-bond acceptors (Lipinski definition) is 3. The highest BCUT2D eigenvalue weighted by Gasteiger charge is 2.49. The van der Waals surface area contributed by atoms with E-state index in [9.17, 15) is 5.11 Å². The molecular weight excluding hydrogens is 459 g/mol. The van der Waals surface area contributed by atoms with Crippen LogP contribution in [0, 0.1) is 13.8 Å². The second kappa shape index (κ2) is 10.3. The Morgan fingerprint density at radius 3 is 1.42 bits per heavy atom. The van der Waals surface area contributed by atoms with Gasteiger partial charge in [0.2, 0.25) is 0 Å². The molecule has 0 aliphatic carbocycles. The Bertz CT molecular complexity index is 1380. The Labute approximate surface area is 213 Å². The summed E-state index contributed by atoms with van der Waals surface area (Å²) >= 11 is 0. The molecule has 4 heteroatoms. The number of hydrogen-bond donors (Lipinski definition) is 1. The first-order valence-corrected chi connectivity index (χ1v) is 13.8. The zero-order valence-electron chi connectivity index (χ0n) is 20.4. The molecule has 0 saturated heterocycles. The minimum Gasteiger partial charge on any atom is -0.507 e. The van der Waals surface area contributed by atoms with Gasteiger partial charge in [-0.25, -0.2) is 0 Å². The Kier molecular flexibility index (Phi) is 6.75. The lowest BCUT2D eigenvalue weighted by Crippen LogP contribution is -2.38. The molecule has 0 aromatic heterocycles. The lowest BCUT2D eigenvalue weighted by Gasteiger charge is -2.28. The number of benzene rings is 5. The number of phenolic OH excluding ortho intramolecular Hbond substituents is 1. The van der Waals surface area contributed by atoms with E-state index in [2.05, 4.69) is 108 Å². The maximum absolute atomic E-state index is 10.2. The highest BCUT2D eigenvalue weighted by atomic mass is 31.2. The average Bonchev–Trinajstić information content (AvgIpc) is 2.93. The van der Waals surface area contributed by atoms with Crippen LogP contribution in [0.4, 0.5) is 11.4 Å². The standard InChI is InChI=1S/C32H27N2OP/c1-24-22-26(23-25(2)32(24)35)33-34-30-20-12-13-21-31(30)36(27-14-6-3-7-15-27,28-16-8-4-9-17-28)29-18-10-5-11-19-29/h3-23H,1-2H3/p+1. The second-order valence-electron chi connectivity index (χ2n) is 8.79. The summed E-state index contributed by atoms with van der Waals surface area (Å²) < 4.78 is 0. The second-order valence-corrected chi connectivity index (χ2v) is 12.2. The third kappa shape index (κ3) is 4.34. The predicted molar refractivity (Wildman–Crippen MR) is 153 cm³/mol. The lowest BCUT2D eigenvalue weighted by molar-refractivity contribution is 0.467. The predicted octanol–water partition coefficient (Wildman–Crippen LogP) is 7.04. The number of phenols is 1. The minimum atomic E-state index is -2.29. The van der Waals surface area contributed by atoms with E-state index in [0.717, 1.165) is 27.8 Å². The monoisotopic (exact) mass is 487 g/mol. The van der Waals surface area contributed by atoms with Crippen LogP contribution in [-0.2, 0) is 0 Å².